The van der Waals surface area contributed by atoms with Crippen molar-refractivity contribution >= 4 is 15.6 Å². The summed E-state index contributed by atoms with van der Waals surface area (Å²) in [6.07, 6.45) is 2.08. The highest BCUT2D eigenvalue weighted by Gasteiger charge is 2.14. The molecule has 6 heteroatoms. The van der Waals surface area contributed by atoms with Gasteiger partial charge >= 0.3 is 0 Å². The third kappa shape index (κ3) is 4.72. The molecule has 0 aromatic carbocycles. The van der Waals surface area contributed by atoms with Crippen molar-refractivity contribution in [2.75, 3.05) is 31.9 Å². The van der Waals surface area contributed by atoms with E-state index in [0.29, 0.717) is 18.2 Å². The predicted octanol–water partition coefficient (Wildman–Crippen LogP) is 0.358. The molecule has 1 heterocycles. The van der Waals surface area contributed by atoms with E-state index in [1.807, 2.05) is 0 Å². The Balaban J connectivity index is 2.61. The lowest BCUT2D eigenvalue weighted by atomic mass is 10.3. The number of hydrogen-bond donors (Lipinski definition) is 1. The van der Waals surface area contributed by atoms with Gasteiger partial charge in [0.15, 0.2) is 0 Å². The van der Waals surface area contributed by atoms with Crippen LogP contribution in [0.3, 0.4) is 0 Å². The van der Waals surface area contributed by atoms with Crippen LogP contribution in [0.5, 0.6) is 0 Å². The normalized spacial score (nSPS) is 27.0. The van der Waals surface area contributed by atoms with Gasteiger partial charge in [-0.2, -0.15) is 4.36 Å². The molecule has 1 N–H and O–H groups in total. The maximum absolute atomic E-state index is 12.1. The highest BCUT2D eigenvalue weighted by molar-refractivity contribution is 7.93. The van der Waals surface area contributed by atoms with Crippen molar-refractivity contribution in [3.8, 4) is 0 Å². The average molecular weight is 234 g/mol. The minimum atomic E-state index is -2.35. The van der Waals surface area contributed by atoms with Crippen molar-refractivity contribution in [2.24, 2.45) is 4.36 Å². The molecule has 1 unspecified atom stereocenters. The molecule has 0 bridgehead atoms. The van der Waals surface area contributed by atoms with Crippen molar-refractivity contribution < 1.29 is 13.7 Å². The van der Waals surface area contributed by atoms with Gasteiger partial charge in [0.2, 0.25) is 0 Å². The molecule has 15 heavy (non-hydrogen) atoms. The van der Waals surface area contributed by atoms with E-state index < -0.39 is 9.73 Å². The number of hydrogen-bond acceptors (Lipinski definition) is 4. The van der Waals surface area contributed by atoms with Gasteiger partial charge in [-0.05, 0) is 19.4 Å². The Hall–Kier alpha value is -0.460. The molecule has 1 fully saturated rings. The van der Waals surface area contributed by atoms with Gasteiger partial charge in [-0.15, -0.1) is 0 Å². The number of carbonyl (C=O) groups is 1. The van der Waals surface area contributed by atoms with E-state index in [4.69, 9.17) is 4.74 Å². The second-order valence-electron chi connectivity index (χ2n) is 3.56. The standard InChI is InChI=1S/C9H18N2O3S/c1-14-6-4-9(12)11-15(13)7-3-2-5-10-8-15/h10H,2-8H2,1H3. The first-order chi connectivity index (χ1) is 7.16. The Kier molecular flexibility index (Phi) is 5.21. The molecule has 0 saturated carbocycles. The average Bonchev–Trinajstić information content (AvgIpc) is 2.40. The van der Waals surface area contributed by atoms with Gasteiger partial charge in [0, 0.05) is 12.9 Å². The Bertz CT molecular complexity index is 307. The van der Waals surface area contributed by atoms with Crippen molar-refractivity contribution in [3.63, 3.8) is 0 Å². The molecule has 1 aliphatic heterocycles. The molecule has 1 rings (SSSR count). The molecule has 0 aliphatic carbocycles. The van der Waals surface area contributed by atoms with Crippen LogP contribution < -0.4 is 5.32 Å². The lowest BCUT2D eigenvalue weighted by molar-refractivity contribution is -0.118. The van der Waals surface area contributed by atoms with Crippen LogP contribution in [0.25, 0.3) is 0 Å². The summed E-state index contributed by atoms with van der Waals surface area (Å²) in [5.41, 5.74) is 0. The molecule has 1 atom stereocenters. The number of ether oxygens (including phenoxy) is 1. The van der Waals surface area contributed by atoms with Gasteiger partial charge in [0.25, 0.3) is 5.91 Å². The van der Waals surface area contributed by atoms with Crippen LogP contribution in [0, 0.1) is 0 Å². The molecule has 0 radical (unpaired) electrons. The first-order valence-electron chi connectivity index (χ1n) is 5.11. The molecule has 1 aliphatic rings. The van der Waals surface area contributed by atoms with Crippen LogP contribution in [0.2, 0.25) is 0 Å². The third-order valence-corrected chi connectivity index (χ3v) is 4.30. The fraction of sp³-hybridized carbons (Fsp3) is 0.889. The smallest absolute Gasteiger partial charge is 0.256 e. The van der Waals surface area contributed by atoms with E-state index in [2.05, 4.69) is 9.68 Å². The highest BCUT2D eigenvalue weighted by Crippen LogP contribution is 2.05. The molecular formula is C9H18N2O3S. The maximum atomic E-state index is 12.1. The van der Waals surface area contributed by atoms with E-state index in [0.717, 1.165) is 19.4 Å². The fourth-order valence-corrected chi connectivity index (χ4v) is 3.26. The quantitative estimate of drug-likeness (QED) is 0.765. The van der Waals surface area contributed by atoms with Crippen molar-refractivity contribution in [3.05, 3.63) is 0 Å². The summed E-state index contributed by atoms with van der Waals surface area (Å²) < 4.78 is 20.7. The number of carbonyl (C=O) groups excluding carboxylic acids is 1. The molecule has 88 valence electrons. The first-order valence-corrected chi connectivity index (χ1v) is 6.97. The van der Waals surface area contributed by atoms with E-state index >= 15 is 0 Å². The number of nitrogens with one attached hydrogen (secondary N) is 1. The zero-order chi connectivity index (χ0) is 11.1. The van der Waals surface area contributed by atoms with Gasteiger partial charge in [-0.1, -0.05) is 0 Å². The highest BCUT2D eigenvalue weighted by atomic mass is 32.2. The molecule has 1 saturated heterocycles. The van der Waals surface area contributed by atoms with Crippen LogP contribution in [0.1, 0.15) is 19.3 Å². The van der Waals surface area contributed by atoms with Crippen molar-refractivity contribution in [1.82, 2.24) is 5.32 Å². The number of rotatable bonds is 3. The summed E-state index contributed by atoms with van der Waals surface area (Å²) in [5.74, 6) is 0.551. The first kappa shape index (κ1) is 12.6. The maximum Gasteiger partial charge on any atom is 0.256 e. The van der Waals surface area contributed by atoms with Crippen molar-refractivity contribution in [1.29, 1.82) is 0 Å². The second-order valence-corrected chi connectivity index (χ2v) is 5.98. The second kappa shape index (κ2) is 6.19. The van der Waals surface area contributed by atoms with Crippen molar-refractivity contribution in [2.45, 2.75) is 19.3 Å². The van der Waals surface area contributed by atoms with Gasteiger partial charge in [0.05, 0.1) is 28.6 Å². The van der Waals surface area contributed by atoms with Crippen LogP contribution in [0.15, 0.2) is 4.36 Å². The summed E-state index contributed by atoms with van der Waals surface area (Å²) in [6.45, 7) is 1.20. The van der Waals surface area contributed by atoms with E-state index in [-0.39, 0.29) is 12.3 Å². The third-order valence-electron chi connectivity index (χ3n) is 2.18. The lowest BCUT2D eigenvalue weighted by Crippen LogP contribution is -2.23. The Morgan fingerprint density at radius 1 is 1.53 bits per heavy atom. The monoisotopic (exact) mass is 234 g/mol. The van der Waals surface area contributed by atoms with E-state index in [1.54, 1.807) is 0 Å². The van der Waals surface area contributed by atoms with E-state index in [1.165, 1.54) is 7.11 Å². The SMILES string of the molecule is COCCC(=O)N=S1(=O)CCCCNC1. The van der Waals surface area contributed by atoms with Crippen LogP contribution >= 0.6 is 0 Å². The zero-order valence-corrected chi connectivity index (χ0v) is 9.85. The van der Waals surface area contributed by atoms with Gasteiger partial charge in [-0.25, -0.2) is 4.21 Å². The van der Waals surface area contributed by atoms with Gasteiger partial charge < -0.3 is 10.1 Å². The van der Waals surface area contributed by atoms with E-state index in [9.17, 15) is 9.00 Å². The topological polar surface area (TPSA) is 67.8 Å². The number of methoxy groups -OCH3 is 1. The lowest BCUT2D eigenvalue weighted by Gasteiger charge is -2.05. The van der Waals surface area contributed by atoms with Crippen LogP contribution in [-0.4, -0.2) is 42.0 Å². The minimum Gasteiger partial charge on any atom is -0.384 e. The van der Waals surface area contributed by atoms with Gasteiger partial charge in [-0.3, -0.25) is 4.79 Å². The van der Waals surface area contributed by atoms with Crippen LogP contribution in [-0.2, 0) is 19.3 Å². The number of nitrogens with zero attached hydrogens (tertiary/aromatic N) is 1. The van der Waals surface area contributed by atoms with Crippen LogP contribution in [0.4, 0.5) is 0 Å². The summed E-state index contributed by atoms with van der Waals surface area (Å²) >= 11 is 0. The summed E-state index contributed by atoms with van der Waals surface area (Å²) in [6, 6.07) is 0. The molecule has 1 amide bonds. The molecule has 5 nitrogen and oxygen atoms in total. The number of amides is 1. The Labute approximate surface area is 90.8 Å². The fourth-order valence-electron chi connectivity index (χ4n) is 1.38. The molecule has 0 aromatic heterocycles. The molecule has 0 aromatic rings. The predicted molar refractivity (Wildman–Crippen MR) is 59.0 cm³/mol. The Morgan fingerprint density at radius 3 is 3.07 bits per heavy atom. The molecular weight excluding hydrogens is 216 g/mol. The Morgan fingerprint density at radius 2 is 2.33 bits per heavy atom. The largest absolute Gasteiger partial charge is 0.384 e. The zero-order valence-electron chi connectivity index (χ0n) is 9.03. The summed E-state index contributed by atoms with van der Waals surface area (Å²) in [7, 11) is -0.819. The summed E-state index contributed by atoms with van der Waals surface area (Å²) in [4.78, 5) is 11.3. The summed E-state index contributed by atoms with van der Waals surface area (Å²) in [5, 5.41) is 3.05. The molecule has 0 spiro atoms. The minimum absolute atomic E-state index is 0.216. The van der Waals surface area contributed by atoms with Gasteiger partial charge in [0.1, 0.15) is 0 Å².